The van der Waals surface area contributed by atoms with Gasteiger partial charge in [0.05, 0.1) is 6.10 Å². The Kier molecular flexibility index (Phi) is 3.43. The summed E-state index contributed by atoms with van der Waals surface area (Å²) < 4.78 is 5.69. The average Bonchev–Trinajstić information content (AvgIpc) is 2.83. The Morgan fingerprint density at radius 3 is 2.71 bits per heavy atom. The highest BCUT2D eigenvalue weighted by Crippen LogP contribution is 2.44. The van der Waals surface area contributed by atoms with Crippen molar-refractivity contribution in [3.05, 3.63) is 29.8 Å². The minimum Gasteiger partial charge on any atom is -0.491 e. The highest BCUT2D eigenvalue weighted by molar-refractivity contribution is 5.28. The highest BCUT2D eigenvalue weighted by Gasteiger charge is 2.44. The smallest absolute Gasteiger partial charge is 0.120 e. The Labute approximate surface area is 104 Å². The van der Waals surface area contributed by atoms with E-state index >= 15 is 0 Å². The summed E-state index contributed by atoms with van der Waals surface area (Å²) in [4.78, 5) is 0. The van der Waals surface area contributed by atoms with Crippen molar-refractivity contribution in [3.8, 4) is 5.75 Å². The summed E-state index contributed by atoms with van der Waals surface area (Å²) >= 11 is 0. The largest absolute Gasteiger partial charge is 0.491 e. The molecular weight excluding hydrogens is 210 g/mol. The van der Waals surface area contributed by atoms with Gasteiger partial charge in [-0.25, -0.2) is 0 Å². The molecule has 0 bridgehead atoms. The molecule has 1 fully saturated rings. The van der Waals surface area contributed by atoms with Gasteiger partial charge in [-0.2, -0.15) is 0 Å². The van der Waals surface area contributed by atoms with Crippen molar-refractivity contribution < 1.29 is 4.74 Å². The van der Waals surface area contributed by atoms with Crippen LogP contribution in [0.3, 0.4) is 0 Å². The van der Waals surface area contributed by atoms with E-state index in [9.17, 15) is 0 Å². The second-order valence-electron chi connectivity index (χ2n) is 5.94. The lowest BCUT2D eigenvalue weighted by atomic mass is 10.1. The molecule has 2 rings (SSSR count). The first-order chi connectivity index (χ1) is 7.97. The molecule has 0 aromatic heterocycles. The molecule has 1 aromatic carbocycles. The predicted molar refractivity (Wildman–Crippen MR) is 71.2 cm³/mol. The van der Waals surface area contributed by atoms with Crippen molar-refractivity contribution in [1.29, 1.82) is 0 Å². The average molecular weight is 233 g/mol. The summed E-state index contributed by atoms with van der Waals surface area (Å²) in [6.07, 6.45) is 1.52. The summed E-state index contributed by atoms with van der Waals surface area (Å²) in [5.41, 5.74) is 1.79. The first-order valence-corrected chi connectivity index (χ1v) is 6.46. The third-order valence-corrected chi connectivity index (χ3v) is 3.34. The molecule has 94 valence electrons. The normalized spacial score (nSPS) is 21.6. The van der Waals surface area contributed by atoms with E-state index in [1.807, 2.05) is 6.07 Å². The van der Waals surface area contributed by atoms with Crippen LogP contribution in [0.5, 0.6) is 5.75 Å². The molecule has 0 saturated heterocycles. The van der Waals surface area contributed by atoms with Crippen LogP contribution in [-0.4, -0.2) is 12.1 Å². The fourth-order valence-corrected chi connectivity index (χ4v) is 2.06. The summed E-state index contributed by atoms with van der Waals surface area (Å²) in [5, 5.41) is 3.59. The van der Waals surface area contributed by atoms with E-state index in [0.717, 1.165) is 12.3 Å². The lowest BCUT2D eigenvalue weighted by Crippen LogP contribution is -2.19. The number of rotatable bonds is 5. The summed E-state index contributed by atoms with van der Waals surface area (Å²) in [6.45, 7) is 9.66. The van der Waals surface area contributed by atoms with Gasteiger partial charge in [0, 0.05) is 12.6 Å². The van der Waals surface area contributed by atoms with Crippen LogP contribution < -0.4 is 10.1 Å². The second kappa shape index (κ2) is 4.69. The monoisotopic (exact) mass is 233 g/mol. The zero-order valence-corrected chi connectivity index (χ0v) is 11.3. The first kappa shape index (κ1) is 12.4. The SMILES string of the molecule is CC(C)Oc1cccc(CNC2CC2(C)C)c1. The minimum absolute atomic E-state index is 0.237. The van der Waals surface area contributed by atoms with Gasteiger partial charge in [-0.3, -0.25) is 0 Å². The number of ether oxygens (including phenoxy) is 1. The molecule has 0 radical (unpaired) electrons. The molecule has 0 aliphatic heterocycles. The first-order valence-electron chi connectivity index (χ1n) is 6.46. The van der Waals surface area contributed by atoms with Crippen LogP contribution in [0.25, 0.3) is 0 Å². The Hall–Kier alpha value is -1.02. The molecule has 2 heteroatoms. The fraction of sp³-hybridized carbons (Fsp3) is 0.600. The van der Waals surface area contributed by atoms with Gasteiger partial charge < -0.3 is 10.1 Å². The molecule has 17 heavy (non-hydrogen) atoms. The van der Waals surface area contributed by atoms with Gasteiger partial charge in [0.2, 0.25) is 0 Å². The molecule has 1 aliphatic carbocycles. The van der Waals surface area contributed by atoms with Crippen LogP contribution >= 0.6 is 0 Å². The third-order valence-electron chi connectivity index (χ3n) is 3.34. The summed E-state index contributed by atoms with van der Waals surface area (Å²) in [5.74, 6) is 0.967. The second-order valence-corrected chi connectivity index (χ2v) is 5.94. The molecule has 2 nitrogen and oxygen atoms in total. The van der Waals surface area contributed by atoms with Crippen molar-refractivity contribution >= 4 is 0 Å². The van der Waals surface area contributed by atoms with E-state index in [2.05, 4.69) is 51.2 Å². The van der Waals surface area contributed by atoms with Crippen molar-refractivity contribution in [2.24, 2.45) is 5.41 Å². The van der Waals surface area contributed by atoms with Crippen LogP contribution in [0.2, 0.25) is 0 Å². The van der Waals surface area contributed by atoms with Gasteiger partial charge in [-0.1, -0.05) is 26.0 Å². The van der Waals surface area contributed by atoms with E-state index in [4.69, 9.17) is 4.74 Å². The molecule has 1 aliphatic rings. The lowest BCUT2D eigenvalue weighted by molar-refractivity contribution is 0.242. The Bertz CT molecular complexity index is 384. The molecule has 1 N–H and O–H groups in total. The molecule has 0 spiro atoms. The van der Waals surface area contributed by atoms with Crippen molar-refractivity contribution in [2.45, 2.75) is 52.8 Å². The Balaban J connectivity index is 1.88. The standard InChI is InChI=1S/C15H23NO/c1-11(2)17-13-7-5-6-12(8-13)10-16-14-9-15(14,3)4/h5-8,11,14,16H,9-10H2,1-4H3. The molecule has 1 saturated carbocycles. The van der Waals surface area contributed by atoms with Crippen molar-refractivity contribution in [3.63, 3.8) is 0 Å². The van der Waals surface area contributed by atoms with Crippen LogP contribution in [-0.2, 0) is 6.54 Å². The fourth-order valence-electron chi connectivity index (χ4n) is 2.06. The summed E-state index contributed by atoms with van der Waals surface area (Å²) in [6, 6.07) is 9.03. The maximum absolute atomic E-state index is 5.69. The highest BCUT2D eigenvalue weighted by atomic mass is 16.5. The van der Waals surface area contributed by atoms with Crippen molar-refractivity contribution in [1.82, 2.24) is 5.32 Å². The van der Waals surface area contributed by atoms with Gasteiger partial charge in [0.15, 0.2) is 0 Å². The Morgan fingerprint density at radius 1 is 1.41 bits per heavy atom. The van der Waals surface area contributed by atoms with Gasteiger partial charge in [-0.15, -0.1) is 0 Å². The molecule has 1 unspecified atom stereocenters. The van der Waals surface area contributed by atoms with E-state index in [-0.39, 0.29) is 6.10 Å². The van der Waals surface area contributed by atoms with Crippen LogP contribution in [0, 0.1) is 5.41 Å². The van der Waals surface area contributed by atoms with E-state index < -0.39 is 0 Å². The van der Waals surface area contributed by atoms with Crippen molar-refractivity contribution in [2.75, 3.05) is 0 Å². The number of benzene rings is 1. The molecule has 0 amide bonds. The zero-order valence-electron chi connectivity index (χ0n) is 11.3. The van der Waals surface area contributed by atoms with Gasteiger partial charge >= 0.3 is 0 Å². The zero-order chi connectivity index (χ0) is 12.5. The van der Waals surface area contributed by atoms with E-state index in [1.165, 1.54) is 12.0 Å². The summed E-state index contributed by atoms with van der Waals surface area (Å²) in [7, 11) is 0. The molecular formula is C15H23NO. The number of hydrogen-bond donors (Lipinski definition) is 1. The Morgan fingerprint density at radius 2 is 2.12 bits per heavy atom. The number of nitrogens with one attached hydrogen (secondary N) is 1. The topological polar surface area (TPSA) is 21.3 Å². The van der Waals surface area contributed by atoms with E-state index in [1.54, 1.807) is 0 Å². The van der Waals surface area contributed by atoms with Gasteiger partial charge in [-0.05, 0) is 43.4 Å². The van der Waals surface area contributed by atoms with Crippen LogP contribution in [0.1, 0.15) is 39.7 Å². The van der Waals surface area contributed by atoms with Gasteiger partial charge in [0.25, 0.3) is 0 Å². The maximum atomic E-state index is 5.69. The lowest BCUT2D eigenvalue weighted by Gasteiger charge is -2.11. The van der Waals surface area contributed by atoms with E-state index in [0.29, 0.717) is 11.5 Å². The molecule has 1 atom stereocenters. The van der Waals surface area contributed by atoms with Gasteiger partial charge in [0.1, 0.15) is 5.75 Å². The minimum atomic E-state index is 0.237. The van der Waals surface area contributed by atoms with Crippen LogP contribution in [0.15, 0.2) is 24.3 Å². The number of hydrogen-bond acceptors (Lipinski definition) is 2. The third kappa shape index (κ3) is 3.47. The maximum Gasteiger partial charge on any atom is 0.120 e. The predicted octanol–water partition coefficient (Wildman–Crippen LogP) is 3.36. The molecule has 1 aromatic rings. The quantitative estimate of drug-likeness (QED) is 0.842. The van der Waals surface area contributed by atoms with Crippen LogP contribution in [0.4, 0.5) is 0 Å². The molecule has 0 heterocycles.